The zero-order valence-corrected chi connectivity index (χ0v) is 15.7. The van der Waals surface area contributed by atoms with Crippen LogP contribution in [-0.2, 0) is 4.79 Å². The first kappa shape index (κ1) is 19.5. The average Bonchev–Trinajstić information content (AvgIpc) is 2.98. The van der Waals surface area contributed by atoms with Gasteiger partial charge in [0.15, 0.2) is 5.82 Å². The van der Waals surface area contributed by atoms with Crippen molar-refractivity contribution in [1.29, 1.82) is 0 Å². The molecule has 0 saturated heterocycles. The van der Waals surface area contributed by atoms with Gasteiger partial charge < -0.3 is 20.1 Å². The molecule has 0 bridgehead atoms. The molecule has 1 heterocycles. The number of carbonyl (C=O) groups excluding carboxylic acids is 2. The second kappa shape index (κ2) is 9.03. The molecule has 2 aromatic rings. The second-order valence-corrected chi connectivity index (χ2v) is 6.77. The molecule has 0 spiro atoms. The van der Waals surface area contributed by atoms with Gasteiger partial charge in [-0.2, -0.15) is 0 Å². The number of carbonyl (C=O) groups is 2. The smallest absolute Gasteiger partial charge is 0.322 e. The lowest BCUT2D eigenvalue weighted by Gasteiger charge is -2.23. The zero-order valence-electron chi connectivity index (χ0n) is 15.7. The third kappa shape index (κ3) is 6.23. The molecule has 0 unspecified atom stereocenters. The Labute approximate surface area is 153 Å². The molecule has 0 aliphatic rings. The first-order valence-corrected chi connectivity index (χ1v) is 8.69. The van der Waals surface area contributed by atoms with Crippen LogP contribution in [0.4, 0.5) is 16.3 Å². The van der Waals surface area contributed by atoms with Crippen LogP contribution in [0.3, 0.4) is 0 Å². The maximum absolute atomic E-state index is 12.6. The summed E-state index contributed by atoms with van der Waals surface area (Å²) >= 11 is 0. The summed E-state index contributed by atoms with van der Waals surface area (Å²) in [5, 5.41) is 9.21. The Hall–Kier alpha value is -2.83. The SMILES string of the molecule is Cc1ccc(NC(=O)N(CCC(C)C)CC(=O)Nc2cc(C)on2)cc1. The molecule has 7 heteroatoms. The molecule has 7 nitrogen and oxygen atoms in total. The van der Waals surface area contributed by atoms with Crippen molar-refractivity contribution in [3.05, 3.63) is 41.7 Å². The highest BCUT2D eigenvalue weighted by Crippen LogP contribution is 2.12. The van der Waals surface area contributed by atoms with Gasteiger partial charge in [0, 0.05) is 18.3 Å². The lowest BCUT2D eigenvalue weighted by molar-refractivity contribution is -0.116. The van der Waals surface area contributed by atoms with Crippen molar-refractivity contribution in [3.63, 3.8) is 0 Å². The summed E-state index contributed by atoms with van der Waals surface area (Å²) < 4.78 is 4.93. The molecule has 2 N–H and O–H groups in total. The highest BCUT2D eigenvalue weighted by molar-refractivity contribution is 5.96. The van der Waals surface area contributed by atoms with Gasteiger partial charge in [-0.1, -0.05) is 36.7 Å². The van der Waals surface area contributed by atoms with Gasteiger partial charge in [0.05, 0.1) is 0 Å². The van der Waals surface area contributed by atoms with Gasteiger partial charge in [0.1, 0.15) is 12.3 Å². The fraction of sp³-hybridized carbons (Fsp3) is 0.421. The molecule has 140 valence electrons. The Balaban J connectivity index is 2.00. The summed E-state index contributed by atoms with van der Waals surface area (Å²) in [6.07, 6.45) is 0.803. The van der Waals surface area contributed by atoms with Crippen LogP contribution < -0.4 is 10.6 Å². The van der Waals surface area contributed by atoms with E-state index in [0.717, 1.165) is 12.0 Å². The second-order valence-electron chi connectivity index (χ2n) is 6.77. The van der Waals surface area contributed by atoms with Crippen molar-refractivity contribution in [2.75, 3.05) is 23.7 Å². The molecular formula is C19H26N4O3. The first-order valence-electron chi connectivity index (χ1n) is 8.69. The van der Waals surface area contributed by atoms with Gasteiger partial charge in [-0.05, 0) is 38.3 Å². The van der Waals surface area contributed by atoms with Crippen molar-refractivity contribution in [3.8, 4) is 0 Å². The first-order chi connectivity index (χ1) is 12.3. The number of rotatable bonds is 7. The van der Waals surface area contributed by atoms with E-state index in [1.165, 1.54) is 4.90 Å². The van der Waals surface area contributed by atoms with Gasteiger partial charge in [-0.3, -0.25) is 4.79 Å². The summed E-state index contributed by atoms with van der Waals surface area (Å²) in [4.78, 5) is 26.4. The third-order valence-corrected chi connectivity index (χ3v) is 3.80. The number of benzene rings is 1. The van der Waals surface area contributed by atoms with Crippen LogP contribution in [0.15, 0.2) is 34.9 Å². The Kier molecular flexibility index (Phi) is 6.77. The Morgan fingerprint density at radius 2 is 1.85 bits per heavy atom. The number of nitrogens with one attached hydrogen (secondary N) is 2. The van der Waals surface area contributed by atoms with Crippen LogP contribution in [0.1, 0.15) is 31.6 Å². The van der Waals surface area contributed by atoms with Crippen molar-refractivity contribution >= 4 is 23.4 Å². The molecule has 0 aliphatic carbocycles. The molecule has 0 radical (unpaired) electrons. The monoisotopic (exact) mass is 358 g/mol. The van der Waals surface area contributed by atoms with Crippen molar-refractivity contribution < 1.29 is 14.1 Å². The molecule has 0 fully saturated rings. The highest BCUT2D eigenvalue weighted by Gasteiger charge is 2.18. The molecule has 1 aromatic carbocycles. The minimum atomic E-state index is -0.318. The average molecular weight is 358 g/mol. The highest BCUT2D eigenvalue weighted by atomic mass is 16.5. The summed E-state index contributed by atoms with van der Waals surface area (Å²) in [5.41, 5.74) is 1.81. The van der Waals surface area contributed by atoms with E-state index in [1.807, 2.05) is 31.2 Å². The van der Waals surface area contributed by atoms with Crippen LogP contribution in [0.5, 0.6) is 0 Å². The maximum atomic E-state index is 12.6. The third-order valence-electron chi connectivity index (χ3n) is 3.80. The fourth-order valence-corrected chi connectivity index (χ4v) is 2.29. The van der Waals surface area contributed by atoms with E-state index in [4.69, 9.17) is 4.52 Å². The predicted octanol–water partition coefficient (Wildman–Crippen LogP) is 3.81. The molecule has 0 atom stereocenters. The molecule has 3 amide bonds. The molecule has 0 saturated carbocycles. The van der Waals surface area contributed by atoms with E-state index < -0.39 is 0 Å². The largest absolute Gasteiger partial charge is 0.360 e. The van der Waals surface area contributed by atoms with Gasteiger partial charge in [0.2, 0.25) is 5.91 Å². The molecule has 2 rings (SSSR count). The molecule has 0 aliphatic heterocycles. The minimum Gasteiger partial charge on any atom is -0.360 e. The summed E-state index contributed by atoms with van der Waals surface area (Å²) in [7, 11) is 0. The van der Waals surface area contributed by atoms with Crippen molar-refractivity contribution in [1.82, 2.24) is 10.1 Å². The minimum absolute atomic E-state index is 0.0592. The number of aryl methyl sites for hydroxylation is 2. The summed E-state index contributed by atoms with van der Waals surface area (Å²) in [6.45, 7) is 8.31. The van der Waals surface area contributed by atoms with E-state index in [9.17, 15) is 9.59 Å². The maximum Gasteiger partial charge on any atom is 0.322 e. The van der Waals surface area contributed by atoms with Crippen LogP contribution in [0.2, 0.25) is 0 Å². The Morgan fingerprint density at radius 1 is 1.15 bits per heavy atom. The topological polar surface area (TPSA) is 87.5 Å². The van der Waals surface area contributed by atoms with E-state index in [-0.39, 0.29) is 18.5 Å². The van der Waals surface area contributed by atoms with Crippen LogP contribution in [-0.4, -0.2) is 35.1 Å². The number of hydrogen-bond donors (Lipinski definition) is 2. The fourth-order valence-electron chi connectivity index (χ4n) is 2.29. The molecule has 1 aromatic heterocycles. The van der Waals surface area contributed by atoms with Crippen LogP contribution in [0.25, 0.3) is 0 Å². The molecular weight excluding hydrogens is 332 g/mol. The normalized spacial score (nSPS) is 10.7. The van der Waals surface area contributed by atoms with E-state index in [0.29, 0.717) is 29.7 Å². The number of anilines is 2. The Morgan fingerprint density at radius 3 is 2.42 bits per heavy atom. The summed E-state index contributed by atoms with van der Waals surface area (Å²) in [6, 6.07) is 8.85. The van der Waals surface area contributed by atoms with Crippen LogP contribution in [0, 0.1) is 19.8 Å². The number of hydrogen-bond acceptors (Lipinski definition) is 4. The Bertz CT molecular complexity index is 737. The number of amides is 3. The van der Waals surface area contributed by atoms with E-state index >= 15 is 0 Å². The zero-order chi connectivity index (χ0) is 19.1. The lowest BCUT2D eigenvalue weighted by Crippen LogP contribution is -2.41. The number of nitrogens with zero attached hydrogens (tertiary/aromatic N) is 2. The van der Waals surface area contributed by atoms with Gasteiger partial charge in [-0.25, -0.2) is 4.79 Å². The predicted molar refractivity (Wildman–Crippen MR) is 101 cm³/mol. The van der Waals surface area contributed by atoms with Crippen LogP contribution >= 0.6 is 0 Å². The number of urea groups is 1. The van der Waals surface area contributed by atoms with Gasteiger partial charge in [-0.15, -0.1) is 0 Å². The van der Waals surface area contributed by atoms with E-state index in [1.54, 1.807) is 13.0 Å². The van der Waals surface area contributed by atoms with E-state index in [2.05, 4.69) is 29.6 Å². The lowest BCUT2D eigenvalue weighted by atomic mass is 10.1. The quantitative estimate of drug-likeness (QED) is 0.788. The van der Waals surface area contributed by atoms with Crippen molar-refractivity contribution in [2.24, 2.45) is 5.92 Å². The van der Waals surface area contributed by atoms with Crippen molar-refractivity contribution in [2.45, 2.75) is 34.1 Å². The number of aromatic nitrogens is 1. The summed E-state index contributed by atoms with van der Waals surface area (Å²) in [5.74, 6) is 1.05. The standard InChI is InChI=1S/C19H26N4O3/c1-13(2)9-10-23(12-18(24)21-17-11-15(4)26-22-17)19(25)20-16-7-5-14(3)6-8-16/h5-8,11,13H,9-10,12H2,1-4H3,(H,20,25)(H,21,22,24). The van der Waals surface area contributed by atoms with Gasteiger partial charge >= 0.3 is 6.03 Å². The molecule has 26 heavy (non-hydrogen) atoms. The van der Waals surface area contributed by atoms with Gasteiger partial charge in [0.25, 0.3) is 0 Å².